The molecule has 1 aliphatic carbocycles. The molecule has 0 bridgehead atoms. The van der Waals surface area contributed by atoms with Crippen LogP contribution in [0.15, 0.2) is 24.3 Å². The van der Waals surface area contributed by atoms with Crippen LogP contribution in [0.25, 0.3) is 0 Å². The first-order valence-corrected chi connectivity index (χ1v) is 8.29. The molecule has 4 nitrogen and oxygen atoms in total. The van der Waals surface area contributed by atoms with Gasteiger partial charge in [0.15, 0.2) is 0 Å². The molecule has 0 atom stereocenters. The van der Waals surface area contributed by atoms with Crippen molar-refractivity contribution in [3.63, 3.8) is 0 Å². The normalized spacial score (nSPS) is 18.6. The summed E-state index contributed by atoms with van der Waals surface area (Å²) in [6.45, 7) is 2.41. The Morgan fingerprint density at radius 2 is 1.72 bits per heavy atom. The van der Waals surface area contributed by atoms with Gasteiger partial charge in [0.2, 0.25) is 0 Å². The predicted molar refractivity (Wildman–Crippen MR) is 90.0 cm³/mol. The third-order valence-electron chi connectivity index (χ3n) is 4.51. The van der Waals surface area contributed by atoms with E-state index in [1.807, 2.05) is 0 Å². The Kier molecular flexibility index (Phi) is 6.57. The minimum atomic E-state index is -4.72. The van der Waals surface area contributed by atoms with Crippen molar-refractivity contribution in [1.82, 2.24) is 10.2 Å². The molecule has 1 aliphatic heterocycles. The van der Waals surface area contributed by atoms with Crippen LogP contribution in [0.4, 0.5) is 13.2 Å². The number of carbonyl (C=O) groups excluding carboxylic acids is 1. The number of rotatable bonds is 5. The van der Waals surface area contributed by atoms with Crippen molar-refractivity contribution in [1.29, 1.82) is 0 Å². The molecular weight excluding hydrogens is 357 g/mol. The summed E-state index contributed by atoms with van der Waals surface area (Å²) in [5.74, 6) is 0.373. The first kappa shape index (κ1) is 19.8. The molecule has 25 heavy (non-hydrogen) atoms. The Balaban J connectivity index is 0.00000225. The van der Waals surface area contributed by atoms with Crippen LogP contribution in [0.2, 0.25) is 0 Å². The molecule has 8 heteroatoms. The lowest BCUT2D eigenvalue weighted by molar-refractivity contribution is -0.274. The molecule has 1 aromatic carbocycles. The first-order valence-electron chi connectivity index (χ1n) is 8.29. The monoisotopic (exact) mass is 378 g/mol. The number of carbonyl (C=O) groups is 1. The van der Waals surface area contributed by atoms with Crippen LogP contribution >= 0.6 is 12.4 Å². The molecule has 140 valence electrons. The predicted octanol–water partition coefficient (Wildman–Crippen LogP) is 3.61. The van der Waals surface area contributed by atoms with Gasteiger partial charge in [-0.05, 0) is 62.4 Å². The second-order valence-electron chi connectivity index (χ2n) is 6.49. The summed E-state index contributed by atoms with van der Waals surface area (Å²) in [5, 5.41) is 3.55. The fourth-order valence-electron chi connectivity index (χ4n) is 2.92. The zero-order valence-corrected chi connectivity index (χ0v) is 14.5. The second kappa shape index (κ2) is 8.27. The van der Waals surface area contributed by atoms with Crippen molar-refractivity contribution in [3.05, 3.63) is 29.8 Å². The summed E-state index contributed by atoms with van der Waals surface area (Å²) in [5.41, 5.74) is 0.383. The van der Waals surface area contributed by atoms with E-state index in [0.717, 1.165) is 25.3 Å². The lowest BCUT2D eigenvalue weighted by Gasteiger charge is -2.32. The lowest BCUT2D eigenvalue weighted by atomic mass is 10.0. The van der Waals surface area contributed by atoms with Crippen molar-refractivity contribution in [2.24, 2.45) is 5.92 Å². The zero-order chi connectivity index (χ0) is 17.2. The number of hydrogen-bond donors (Lipinski definition) is 1. The van der Waals surface area contributed by atoms with Crippen molar-refractivity contribution in [2.75, 3.05) is 19.6 Å². The fraction of sp³-hybridized carbons (Fsp3) is 0.588. The number of amides is 1. The Morgan fingerprint density at radius 1 is 1.12 bits per heavy atom. The summed E-state index contributed by atoms with van der Waals surface area (Å²) in [4.78, 5) is 14.2. The van der Waals surface area contributed by atoms with Gasteiger partial charge in [-0.3, -0.25) is 4.79 Å². The van der Waals surface area contributed by atoms with Crippen LogP contribution in [0.5, 0.6) is 5.75 Å². The third-order valence-corrected chi connectivity index (χ3v) is 4.51. The van der Waals surface area contributed by atoms with E-state index in [0.29, 0.717) is 24.7 Å². The largest absolute Gasteiger partial charge is 0.573 e. The Labute approximate surface area is 151 Å². The smallest absolute Gasteiger partial charge is 0.406 e. The highest BCUT2D eigenvalue weighted by Gasteiger charge is 2.31. The fourth-order valence-corrected chi connectivity index (χ4v) is 2.92. The van der Waals surface area contributed by atoms with Gasteiger partial charge in [-0.25, -0.2) is 0 Å². The van der Waals surface area contributed by atoms with E-state index in [4.69, 9.17) is 0 Å². The molecule has 1 aromatic rings. The quantitative estimate of drug-likeness (QED) is 0.851. The topological polar surface area (TPSA) is 41.6 Å². The van der Waals surface area contributed by atoms with E-state index in [1.165, 1.54) is 37.1 Å². The second-order valence-corrected chi connectivity index (χ2v) is 6.49. The average Bonchev–Trinajstić information content (AvgIpc) is 3.36. The Morgan fingerprint density at radius 3 is 2.24 bits per heavy atom. The highest BCUT2D eigenvalue weighted by molar-refractivity contribution is 5.94. The minimum Gasteiger partial charge on any atom is -0.406 e. The maximum absolute atomic E-state index is 12.4. The van der Waals surface area contributed by atoms with Gasteiger partial charge < -0.3 is 15.0 Å². The van der Waals surface area contributed by atoms with Crippen molar-refractivity contribution >= 4 is 18.3 Å². The number of ether oxygens (including phenoxy) is 1. The van der Waals surface area contributed by atoms with E-state index in [-0.39, 0.29) is 24.1 Å². The van der Waals surface area contributed by atoms with Crippen molar-refractivity contribution in [3.8, 4) is 5.75 Å². The molecule has 0 radical (unpaired) electrons. The minimum absolute atomic E-state index is 0. The molecule has 1 N–H and O–H groups in total. The zero-order valence-electron chi connectivity index (χ0n) is 13.7. The van der Waals surface area contributed by atoms with Crippen molar-refractivity contribution in [2.45, 2.75) is 38.1 Å². The van der Waals surface area contributed by atoms with Gasteiger partial charge in [0, 0.05) is 24.7 Å². The maximum Gasteiger partial charge on any atom is 0.573 e. The number of benzene rings is 1. The number of likely N-dealkylation sites (tertiary alicyclic amines) is 1. The van der Waals surface area contributed by atoms with Gasteiger partial charge in [-0.15, -0.1) is 25.6 Å². The number of hydrogen-bond acceptors (Lipinski definition) is 3. The van der Waals surface area contributed by atoms with Gasteiger partial charge in [0.25, 0.3) is 5.91 Å². The Bertz CT molecular complexity index is 568. The molecule has 2 aliphatic rings. The SMILES string of the molecule is Cl.O=C(c1ccc(OC(F)(F)F)cc1)N1CCC(NCC2CC2)CC1. The molecule has 1 amide bonds. The number of piperidine rings is 1. The van der Waals surface area contributed by atoms with Crippen LogP contribution in [0.1, 0.15) is 36.0 Å². The van der Waals surface area contributed by atoms with Crippen LogP contribution in [0.3, 0.4) is 0 Å². The molecular formula is C17H22ClF3N2O2. The highest BCUT2D eigenvalue weighted by atomic mass is 35.5. The van der Waals surface area contributed by atoms with Crippen molar-refractivity contribution < 1.29 is 22.7 Å². The Hall–Kier alpha value is -1.47. The third kappa shape index (κ3) is 6.08. The average molecular weight is 379 g/mol. The summed E-state index contributed by atoms with van der Waals surface area (Å²) in [6, 6.07) is 5.55. The maximum atomic E-state index is 12.4. The summed E-state index contributed by atoms with van der Waals surface area (Å²) in [6.07, 6.45) is -0.265. The van der Waals surface area contributed by atoms with E-state index < -0.39 is 6.36 Å². The standard InChI is InChI=1S/C17H21F3N2O2.ClH/c18-17(19,20)24-15-5-3-13(4-6-15)16(23)22-9-7-14(8-10-22)21-11-12-1-2-12;/h3-6,12,14,21H,1-2,7-11H2;1H. The number of nitrogens with zero attached hydrogens (tertiary/aromatic N) is 1. The number of alkyl halides is 3. The van der Waals surface area contributed by atoms with Gasteiger partial charge >= 0.3 is 6.36 Å². The van der Waals surface area contributed by atoms with E-state index in [9.17, 15) is 18.0 Å². The van der Waals surface area contributed by atoms with Gasteiger partial charge in [-0.1, -0.05) is 0 Å². The van der Waals surface area contributed by atoms with Crippen LogP contribution in [0, 0.1) is 5.92 Å². The molecule has 0 spiro atoms. The van der Waals surface area contributed by atoms with E-state index in [2.05, 4.69) is 10.1 Å². The van der Waals surface area contributed by atoms with Gasteiger partial charge in [0.1, 0.15) is 5.75 Å². The molecule has 2 fully saturated rings. The molecule has 1 saturated heterocycles. The highest BCUT2D eigenvalue weighted by Crippen LogP contribution is 2.28. The summed E-state index contributed by atoms with van der Waals surface area (Å²) < 4.78 is 40.2. The molecule has 1 saturated carbocycles. The van der Waals surface area contributed by atoms with Crippen LogP contribution in [-0.4, -0.2) is 42.8 Å². The first-order chi connectivity index (χ1) is 11.4. The molecule has 1 heterocycles. The number of halogens is 4. The molecule has 3 rings (SSSR count). The van der Waals surface area contributed by atoms with E-state index >= 15 is 0 Å². The lowest BCUT2D eigenvalue weighted by Crippen LogP contribution is -2.45. The summed E-state index contributed by atoms with van der Waals surface area (Å²) >= 11 is 0. The molecule has 0 aromatic heterocycles. The van der Waals surface area contributed by atoms with Crippen LogP contribution in [-0.2, 0) is 0 Å². The summed E-state index contributed by atoms with van der Waals surface area (Å²) in [7, 11) is 0. The molecule has 0 unspecified atom stereocenters. The van der Waals surface area contributed by atoms with Gasteiger partial charge in [0.05, 0.1) is 0 Å². The van der Waals surface area contributed by atoms with Crippen LogP contribution < -0.4 is 10.1 Å². The number of nitrogens with one attached hydrogen (secondary N) is 1. The van der Waals surface area contributed by atoms with E-state index in [1.54, 1.807) is 4.90 Å². The van der Waals surface area contributed by atoms with Gasteiger partial charge in [-0.2, -0.15) is 0 Å².